The van der Waals surface area contributed by atoms with Crippen LogP contribution in [0.25, 0.3) is 0 Å². The maximum Gasteiger partial charge on any atom is 0.311 e. The number of carbonyl (C=O) groups excluding carboxylic acids is 1. The van der Waals surface area contributed by atoms with E-state index in [2.05, 4.69) is 11.1 Å². The van der Waals surface area contributed by atoms with Gasteiger partial charge in [-0.05, 0) is 57.1 Å². The zero-order chi connectivity index (χ0) is 20.3. The first kappa shape index (κ1) is 23.6. The molecule has 6 nitrogen and oxygen atoms in total. The molecular formula is C20H33NO5S. The molecule has 0 fully saturated rings. The van der Waals surface area contributed by atoms with Gasteiger partial charge in [-0.25, -0.2) is 0 Å². The SMILES string of the molecule is COC(=O)C(C)(C)CC(CCCCOS(C)(=O)=O)CCCc1cccnc1. The second-order valence-corrected chi connectivity index (χ2v) is 9.36. The highest BCUT2D eigenvalue weighted by atomic mass is 32.2. The van der Waals surface area contributed by atoms with Crippen LogP contribution in [0.5, 0.6) is 0 Å². The third-order valence-corrected chi connectivity index (χ3v) is 5.24. The smallest absolute Gasteiger partial charge is 0.311 e. The van der Waals surface area contributed by atoms with Crippen LogP contribution >= 0.6 is 0 Å². The van der Waals surface area contributed by atoms with Gasteiger partial charge in [0.05, 0.1) is 25.4 Å². The Morgan fingerprint density at radius 2 is 1.93 bits per heavy atom. The normalized spacial score (nSPS) is 13.3. The average molecular weight is 400 g/mol. The molecule has 0 bridgehead atoms. The van der Waals surface area contributed by atoms with E-state index < -0.39 is 15.5 Å². The summed E-state index contributed by atoms with van der Waals surface area (Å²) >= 11 is 0. The molecule has 0 saturated carbocycles. The molecule has 154 valence electrons. The zero-order valence-electron chi connectivity index (χ0n) is 16.9. The number of methoxy groups -OCH3 is 1. The van der Waals surface area contributed by atoms with Crippen LogP contribution in [-0.4, -0.2) is 39.3 Å². The summed E-state index contributed by atoms with van der Waals surface area (Å²) in [7, 11) is -1.96. The monoisotopic (exact) mass is 399 g/mol. The van der Waals surface area contributed by atoms with Crippen LogP contribution in [0.2, 0.25) is 0 Å². The number of pyridine rings is 1. The number of rotatable bonds is 13. The number of nitrogens with zero attached hydrogens (tertiary/aromatic N) is 1. The lowest BCUT2D eigenvalue weighted by Gasteiger charge is -2.27. The molecule has 0 saturated heterocycles. The number of hydrogen-bond donors (Lipinski definition) is 0. The number of esters is 1. The molecule has 0 aliphatic carbocycles. The number of aromatic nitrogens is 1. The van der Waals surface area contributed by atoms with Crippen LogP contribution < -0.4 is 0 Å². The molecule has 0 radical (unpaired) electrons. The standard InChI is InChI=1S/C20H33NO5S/c1-20(2,19(22)25-3)15-17(9-5-6-14-26-27(4,23)24)10-7-11-18-12-8-13-21-16-18/h8,12-13,16-17H,5-7,9-11,14-15H2,1-4H3. The van der Waals surface area contributed by atoms with Crippen LogP contribution in [0.15, 0.2) is 24.5 Å². The molecule has 0 aliphatic heterocycles. The summed E-state index contributed by atoms with van der Waals surface area (Å²) in [5, 5.41) is 0. The van der Waals surface area contributed by atoms with Gasteiger partial charge in [0, 0.05) is 12.4 Å². The van der Waals surface area contributed by atoms with Gasteiger partial charge in [-0.1, -0.05) is 25.3 Å². The highest BCUT2D eigenvalue weighted by Crippen LogP contribution is 2.32. The van der Waals surface area contributed by atoms with Crippen LogP contribution in [0.4, 0.5) is 0 Å². The topological polar surface area (TPSA) is 82.6 Å². The van der Waals surface area contributed by atoms with Crippen molar-refractivity contribution in [2.45, 2.75) is 58.8 Å². The quantitative estimate of drug-likeness (QED) is 0.285. The lowest BCUT2D eigenvalue weighted by molar-refractivity contribution is -0.151. The minimum absolute atomic E-state index is 0.194. The van der Waals surface area contributed by atoms with Crippen molar-refractivity contribution in [3.05, 3.63) is 30.1 Å². The molecule has 0 spiro atoms. The first-order valence-corrected chi connectivity index (χ1v) is 11.3. The van der Waals surface area contributed by atoms with E-state index in [1.165, 1.54) is 12.7 Å². The van der Waals surface area contributed by atoms with Crippen molar-refractivity contribution in [3.63, 3.8) is 0 Å². The van der Waals surface area contributed by atoms with Gasteiger partial charge in [0.1, 0.15) is 0 Å². The average Bonchev–Trinajstić information content (AvgIpc) is 2.60. The van der Waals surface area contributed by atoms with Gasteiger partial charge >= 0.3 is 5.97 Å². The van der Waals surface area contributed by atoms with Crippen LogP contribution in [-0.2, 0) is 30.3 Å². The minimum atomic E-state index is -3.38. The highest BCUT2D eigenvalue weighted by Gasteiger charge is 2.31. The van der Waals surface area contributed by atoms with Crippen LogP contribution in [0.3, 0.4) is 0 Å². The van der Waals surface area contributed by atoms with Crippen molar-refractivity contribution < 1.29 is 22.1 Å². The summed E-state index contributed by atoms with van der Waals surface area (Å²) in [5.41, 5.74) is 0.682. The molecule has 1 heterocycles. The fourth-order valence-corrected chi connectivity index (χ4v) is 3.74. The van der Waals surface area contributed by atoms with E-state index in [1.54, 1.807) is 6.20 Å². The molecule has 0 aliphatic rings. The Morgan fingerprint density at radius 1 is 1.22 bits per heavy atom. The van der Waals surface area contributed by atoms with Crippen molar-refractivity contribution in [3.8, 4) is 0 Å². The number of carbonyl (C=O) groups is 1. The molecular weight excluding hydrogens is 366 g/mol. The van der Waals surface area contributed by atoms with E-state index in [1.807, 2.05) is 26.1 Å². The Labute approximate surface area is 163 Å². The number of ether oxygens (including phenoxy) is 1. The fourth-order valence-electron chi connectivity index (χ4n) is 3.32. The van der Waals surface area contributed by atoms with Gasteiger partial charge < -0.3 is 4.74 Å². The van der Waals surface area contributed by atoms with E-state index in [-0.39, 0.29) is 12.6 Å². The van der Waals surface area contributed by atoms with Gasteiger partial charge in [0.25, 0.3) is 10.1 Å². The second-order valence-electron chi connectivity index (χ2n) is 7.72. The van der Waals surface area contributed by atoms with E-state index in [0.29, 0.717) is 12.3 Å². The molecule has 1 unspecified atom stereocenters. The van der Waals surface area contributed by atoms with E-state index in [4.69, 9.17) is 8.92 Å². The molecule has 7 heteroatoms. The predicted octanol–water partition coefficient (Wildman–Crippen LogP) is 3.76. The maximum atomic E-state index is 12.0. The van der Waals surface area contributed by atoms with Crippen molar-refractivity contribution in [2.24, 2.45) is 11.3 Å². The molecule has 1 atom stereocenters. The Balaban J connectivity index is 2.53. The van der Waals surface area contributed by atoms with Crippen molar-refractivity contribution in [1.29, 1.82) is 0 Å². The maximum absolute atomic E-state index is 12.0. The van der Waals surface area contributed by atoms with Crippen molar-refractivity contribution in [1.82, 2.24) is 4.98 Å². The molecule has 1 aromatic heterocycles. The number of aryl methyl sites for hydroxylation is 1. The lowest BCUT2D eigenvalue weighted by Crippen LogP contribution is -2.28. The summed E-state index contributed by atoms with van der Waals surface area (Å²) in [6.07, 6.45) is 10.9. The highest BCUT2D eigenvalue weighted by molar-refractivity contribution is 7.85. The molecule has 0 N–H and O–H groups in total. The summed E-state index contributed by atoms with van der Waals surface area (Å²) < 4.78 is 31.8. The first-order chi connectivity index (χ1) is 12.6. The Hall–Kier alpha value is -1.47. The summed E-state index contributed by atoms with van der Waals surface area (Å²) in [4.78, 5) is 16.2. The van der Waals surface area contributed by atoms with E-state index >= 15 is 0 Å². The number of hydrogen-bond acceptors (Lipinski definition) is 6. The van der Waals surface area contributed by atoms with Crippen molar-refractivity contribution >= 4 is 16.1 Å². The van der Waals surface area contributed by atoms with Gasteiger partial charge in [-0.15, -0.1) is 0 Å². The molecule has 1 rings (SSSR count). The largest absolute Gasteiger partial charge is 0.469 e. The third-order valence-electron chi connectivity index (χ3n) is 4.64. The predicted molar refractivity (Wildman–Crippen MR) is 106 cm³/mol. The lowest BCUT2D eigenvalue weighted by atomic mass is 9.78. The number of unbranched alkanes of at least 4 members (excludes halogenated alkanes) is 1. The summed E-state index contributed by atoms with van der Waals surface area (Å²) in [5.74, 6) is 0.175. The third kappa shape index (κ3) is 10.4. The van der Waals surface area contributed by atoms with E-state index in [9.17, 15) is 13.2 Å². The summed E-state index contributed by atoms with van der Waals surface area (Å²) in [6.45, 7) is 4.04. The molecule has 0 amide bonds. The second kappa shape index (κ2) is 11.4. The van der Waals surface area contributed by atoms with Crippen LogP contribution in [0.1, 0.15) is 57.9 Å². The van der Waals surface area contributed by atoms with E-state index in [0.717, 1.165) is 44.8 Å². The first-order valence-electron chi connectivity index (χ1n) is 9.46. The molecule has 1 aromatic rings. The minimum Gasteiger partial charge on any atom is -0.469 e. The van der Waals surface area contributed by atoms with Gasteiger partial charge in [0.15, 0.2) is 0 Å². The Kier molecular flexibility index (Phi) is 9.94. The Morgan fingerprint density at radius 3 is 2.52 bits per heavy atom. The summed E-state index contributed by atoms with van der Waals surface area (Å²) in [6, 6.07) is 4.01. The zero-order valence-corrected chi connectivity index (χ0v) is 17.8. The Bertz CT molecular complexity index is 658. The van der Waals surface area contributed by atoms with Crippen LogP contribution in [0, 0.1) is 11.3 Å². The fraction of sp³-hybridized carbons (Fsp3) is 0.700. The van der Waals surface area contributed by atoms with Gasteiger partial charge in [-0.2, -0.15) is 8.42 Å². The molecule has 27 heavy (non-hydrogen) atoms. The van der Waals surface area contributed by atoms with Gasteiger partial charge in [-0.3, -0.25) is 14.0 Å². The molecule has 0 aromatic carbocycles. The van der Waals surface area contributed by atoms with Crippen molar-refractivity contribution in [2.75, 3.05) is 20.0 Å². The van der Waals surface area contributed by atoms with Gasteiger partial charge in [0.2, 0.25) is 0 Å².